The van der Waals surface area contributed by atoms with Gasteiger partial charge in [0.2, 0.25) is 0 Å². The molecule has 176 valence electrons. The molecule has 0 aliphatic carbocycles. The zero-order chi connectivity index (χ0) is 23.8. The molecule has 3 aromatic rings. The molecule has 1 aliphatic heterocycles. The van der Waals surface area contributed by atoms with Crippen molar-refractivity contribution in [2.75, 3.05) is 13.1 Å². The number of hydrogen-bond acceptors (Lipinski definition) is 5. The van der Waals surface area contributed by atoms with Crippen LogP contribution >= 0.6 is 0 Å². The lowest BCUT2D eigenvalue weighted by atomic mass is 10.0. The second-order valence-electron chi connectivity index (χ2n) is 7.73. The summed E-state index contributed by atoms with van der Waals surface area (Å²) >= 11 is 0. The van der Waals surface area contributed by atoms with Crippen LogP contribution in [0.25, 0.3) is 11.0 Å². The molecule has 1 saturated heterocycles. The molecule has 0 bridgehead atoms. The molecule has 2 aromatic heterocycles. The molecule has 1 aliphatic rings. The molecule has 6 nitrogen and oxygen atoms in total. The molecule has 1 unspecified atom stereocenters. The Labute approximate surface area is 185 Å². The second-order valence-corrected chi connectivity index (χ2v) is 7.73. The van der Waals surface area contributed by atoms with E-state index in [1.54, 1.807) is 0 Å². The molecular weight excluding hydrogens is 449 g/mol. The number of alkyl halides is 5. The van der Waals surface area contributed by atoms with Gasteiger partial charge in [-0.2, -0.15) is 13.2 Å². The second kappa shape index (κ2) is 8.62. The Morgan fingerprint density at radius 3 is 2.85 bits per heavy atom. The summed E-state index contributed by atoms with van der Waals surface area (Å²) in [5.41, 5.74) is -0.823. The fraction of sp³-hybridized carbons (Fsp3) is 0.364. The van der Waals surface area contributed by atoms with Crippen molar-refractivity contribution in [2.45, 2.75) is 38.1 Å². The molecule has 4 rings (SSSR count). The minimum absolute atomic E-state index is 0.0641. The molecule has 11 heteroatoms. The number of rotatable bonds is 5. The molecule has 0 spiro atoms. The summed E-state index contributed by atoms with van der Waals surface area (Å²) in [5, 5.41) is 5.49. The number of aromatic nitrogens is 1. The Kier molecular flexibility index (Phi) is 6.00. The number of halogens is 5. The van der Waals surface area contributed by atoms with Crippen LogP contribution in [0.5, 0.6) is 5.75 Å². The number of pyridine rings is 1. The molecular formula is C22H20F5N3O3. The largest absolute Gasteiger partial charge is 0.489 e. The maximum absolute atomic E-state index is 14.1. The molecule has 2 N–H and O–H groups in total. The molecule has 3 heterocycles. The van der Waals surface area contributed by atoms with E-state index in [0.717, 1.165) is 6.20 Å². The Bertz CT molecular complexity index is 1180. The molecule has 0 radical (unpaired) electrons. The number of carbonyl (C=O) groups excluding carboxylic acids is 1. The van der Waals surface area contributed by atoms with Crippen molar-refractivity contribution in [1.29, 1.82) is 0 Å². The summed E-state index contributed by atoms with van der Waals surface area (Å²) in [6.07, 6.45) is -3.98. The van der Waals surface area contributed by atoms with E-state index in [0.29, 0.717) is 11.0 Å². The Morgan fingerprint density at radius 2 is 2.12 bits per heavy atom. The summed E-state index contributed by atoms with van der Waals surface area (Å²) in [7, 11) is 0. The first kappa shape index (κ1) is 23.0. The van der Waals surface area contributed by atoms with Gasteiger partial charge in [-0.25, -0.2) is 8.78 Å². The van der Waals surface area contributed by atoms with E-state index < -0.39 is 42.8 Å². The van der Waals surface area contributed by atoms with Gasteiger partial charge < -0.3 is 19.8 Å². The minimum Gasteiger partial charge on any atom is -0.489 e. The smallest absolute Gasteiger partial charge is 0.433 e. The van der Waals surface area contributed by atoms with Crippen LogP contribution < -0.4 is 15.4 Å². The zero-order valence-electron chi connectivity index (χ0n) is 17.4. The average molecular weight is 469 g/mol. The summed E-state index contributed by atoms with van der Waals surface area (Å²) in [5.74, 6) is -3.39. The Morgan fingerprint density at radius 1 is 1.33 bits per heavy atom. The first-order valence-electron chi connectivity index (χ1n) is 10.1. The molecule has 1 amide bonds. The number of fused-ring (bicyclic) bond motifs is 1. The monoisotopic (exact) mass is 469 g/mol. The van der Waals surface area contributed by atoms with Crippen LogP contribution in [-0.4, -0.2) is 35.9 Å². The third-order valence-corrected chi connectivity index (χ3v) is 5.42. The predicted molar refractivity (Wildman–Crippen MR) is 108 cm³/mol. The quantitative estimate of drug-likeness (QED) is 0.540. The molecule has 0 saturated carbocycles. The van der Waals surface area contributed by atoms with E-state index in [1.165, 1.54) is 37.3 Å². The first-order valence-corrected chi connectivity index (χ1v) is 10.1. The highest BCUT2D eigenvalue weighted by Gasteiger charge is 2.43. The fourth-order valence-electron chi connectivity index (χ4n) is 3.75. The van der Waals surface area contributed by atoms with Crippen LogP contribution in [-0.2, 0) is 12.8 Å². The van der Waals surface area contributed by atoms with Crippen LogP contribution in [0.4, 0.5) is 22.0 Å². The van der Waals surface area contributed by atoms with Gasteiger partial charge in [-0.1, -0.05) is 6.07 Å². The van der Waals surface area contributed by atoms with Gasteiger partial charge in [0.1, 0.15) is 29.7 Å². The van der Waals surface area contributed by atoms with E-state index in [9.17, 15) is 26.7 Å². The number of hydrogen-bond donors (Lipinski definition) is 2. The topological polar surface area (TPSA) is 76.4 Å². The lowest BCUT2D eigenvalue weighted by Gasteiger charge is -2.32. The summed E-state index contributed by atoms with van der Waals surface area (Å²) in [6, 6.07) is 5.66. The van der Waals surface area contributed by atoms with Gasteiger partial charge in [0.25, 0.3) is 11.8 Å². The predicted octanol–water partition coefficient (Wildman–Crippen LogP) is 4.46. The number of benzene rings is 1. The van der Waals surface area contributed by atoms with Crippen molar-refractivity contribution in [3.05, 3.63) is 59.1 Å². The number of piperidine rings is 1. The van der Waals surface area contributed by atoms with Crippen LogP contribution in [0.15, 0.2) is 40.9 Å². The van der Waals surface area contributed by atoms with Crippen molar-refractivity contribution < 1.29 is 35.9 Å². The molecule has 1 atom stereocenters. The zero-order valence-corrected chi connectivity index (χ0v) is 17.4. The minimum atomic E-state index is -4.63. The highest BCUT2D eigenvalue weighted by atomic mass is 19.4. The number of furan rings is 1. The van der Waals surface area contributed by atoms with Crippen molar-refractivity contribution in [3.8, 4) is 5.75 Å². The molecule has 33 heavy (non-hydrogen) atoms. The van der Waals surface area contributed by atoms with Crippen LogP contribution in [0.3, 0.4) is 0 Å². The lowest BCUT2D eigenvalue weighted by molar-refractivity contribution is -0.142. The van der Waals surface area contributed by atoms with Crippen molar-refractivity contribution in [2.24, 2.45) is 0 Å². The fourth-order valence-corrected chi connectivity index (χ4v) is 3.75. The van der Waals surface area contributed by atoms with Gasteiger partial charge in [-0.3, -0.25) is 9.78 Å². The van der Waals surface area contributed by atoms with E-state index in [4.69, 9.17) is 9.15 Å². The lowest BCUT2D eigenvalue weighted by Crippen LogP contribution is -2.57. The third-order valence-electron chi connectivity index (χ3n) is 5.42. The van der Waals surface area contributed by atoms with Gasteiger partial charge in [0, 0.05) is 36.7 Å². The Hall–Kier alpha value is -3.21. The van der Waals surface area contributed by atoms with E-state index in [2.05, 4.69) is 15.6 Å². The van der Waals surface area contributed by atoms with E-state index >= 15 is 0 Å². The first-order chi connectivity index (χ1) is 15.6. The maximum atomic E-state index is 14.1. The number of ether oxygens (including phenoxy) is 1. The van der Waals surface area contributed by atoms with Gasteiger partial charge in [0.05, 0.1) is 5.56 Å². The van der Waals surface area contributed by atoms with E-state index in [1.807, 2.05) is 0 Å². The summed E-state index contributed by atoms with van der Waals surface area (Å²) in [6.45, 7) is 1.19. The highest BCUT2D eigenvalue weighted by Crippen LogP contribution is 2.33. The van der Waals surface area contributed by atoms with Crippen LogP contribution in [0.1, 0.15) is 33.8 Å². The summed E-state index contributed by atoms with van der Waals surface area (Å²) < 4.78 is 78.8. The van der Waals surface area contributed by atoms with Crippen LogP contribution in [0, 0.1) is 6.92 Å². The maximum Gasteiger partial charge on any atom is 0.433 e. The number of carbonyl (C=O) groups is 1. The van der Waals surface area contributed by atoms with Gasteiger partial charge in [0.15, 0.2) is 5.69 Å². The normalized spacial score (nSPS) is 18.3. The van der Waals surface area contributed by atoms with Crippen molar-refractivity contribution >= 4 is 16.9 Å². The highest BCUT2D eigenvalue weighted by molar-refractivity contribution is 6.07. The number of nitrogens with zero attached hydrogens (tertiary/aromatic N) is 1. The third kappa shape index (κ3) is 4.77. The number of amides is 1. The standard InChI is InChI=1S/C22H20F5N3O3/c1-12-18(20(31)30-17-10-28-8-6-21(17,23)24)15-9-14(4-5-16(15)33-12)32-11-13-3-2-7-29-19(13)22(25,26)27/h2-5,7,9,17,28H,6,8,10-11H2,1H3,(H,30,31). The SMILES string of the molecule is Cc1oc2ccc(OCc3cccnc3C(F)(F)F)cc2c1C(=O)NC1CNCCC1(F)F. The average Bonchev–Trinajstić information content (AvgIpc) is 3.08. The van der Waals surface area contributed by atoms with Gasteiger partial charge >= 0.3 is 6.18 Å². The van der Waals surface area contributed by atoms with E-state index in [-0.39, 0.29) is 35.7 Å². The van der Waals surface area contributed by atoms with Crippen molar-refractivity contribution in [1.82, 2.24) is 15.6 Å². The summed E-state index contributed by atoms with van der Waals surface area (Å²) in [4.78, 5) is 16.2. The van der Waals surface area contributed by atoms with Crippen molar-refractivity contribution in [3.63, 3.8) is 0 Å². The number of aryl methyl sites for hydroxylation is 1. The number of nitrogens with one attached hydrogen (secondary N) is 2. The van der Waals surface area contributed by atoms with Gasteiger partial charge in [-0.15, -0.1) is 0 Å². The Balaban J connectivity index is 1.57. The molecule has 1 fully saturated rings. The van der Waals surface area contributed by atoms with Gasteiger partial charge in [-0.05, 0) is 31.2 Å². The molecule has 1 aromatic carbocycles. The van der Waals surface area contributed by atoms with Crippen LogP contribution in [0.2, 0.25) is 0 Å².